The molecule has 0 atom stereocenters. The molecule has 0 rings (SSSR count). The lowest BCUT2D eigenvalue weighted by Crippen LogP contribution is -2.21. The molecule has 0 spiro atoms. The van der Waals surface area contributed by atoms with Crippen molar-refractivity contribution in [1.29, 1.82) is 0 Å². The molecule has 16 heavy (non-hydrogen) atoms. The third-order valence-corrected chi connectivity index (χ3v) is 1.87. The summed E-state index contributed by atoms with van der Waals surface area (Å²) < 4.78 is 41.0. The fourth-order valence-electron chi connectivity index (χ4n) is 1.03. The second-order valence-corrected chi connectivity index (χ2v) is 3.84. The Balaban J connectivity index is 4.51. The van der Waals surface area contributed by atoms with Crippen molar-refractivity contribution in [2.45, 2.75) is 39.8 Å². The minimum atomic E-state index is -4.82. The van der Waals surface area contributed by atoms with Gasteiger partial charge in [0.1, 0.15) is 0 Å². The molecular weight excluding hydrogens is 221 g/mol. The summed E-state index contributed by atoms with van der Waals surface area (Å²) in [7, 11) is 0. The molecule has 94 valence electrons. The van der Waals surface area contributed by atoms with Crippen LogP contribution in [0.2, 0.25) is 0 Å². The van der Waals surface area contributed by atoms with Gasteiger partial charge in [0, 0.05) is 12.5 Å². The molecule has 0 saturated heterocycles. The Morgan fingerprint density at radius 1 is 1.38 bits per heavy atom. The molecular formula is C11H17F3O2. The van der Waals surface area contributed by atoms with Gasteiger partial charge >= 0.3 is 6.18 Å². The van der Waals surface area contributed by atoms with E-state index in [1.165, 1.54) is 0 Å². The van der Waals surface area contributed by atoms with Crippen LogP contribution in [0.3, 0.4) is 0 Å². The summed E-state index contributed by atoms with van der Waals surface area (Å²) in [5.41, 5.74) is 0. The van der Waals surface area contributed by atoms with Crippen LogP contribution in [-0.4, -0.2) is 18.6 Å². The smallest absolute Gasteiger partial charge is 0.454 e. The SMILES string of the molecule is CCO/C(=C/C(=O)C(F)(F)F)CCC(C)C. The van der Waals surface area contributed by atoms with Crippen LogP contribution in [0.1, 0.15) is 33.6 Å². The quantitative estimate of drug-likeness (QED) is 0.523. The van der Waals surface area contributed by atoms with Crippen LogP contribution in [0.15, 0.2) is 11.8 Å². The maximum absolute atomic E-state index is 12.0. The molecule has 0 N–H and O–H groups in total. The van der Waals surface area contributed by atoms with Crippen molar-refractivity contribution < 1.29 is 22.7 Å². The van der Waals surface area contributed by atoms with Crippen molar-refractivity contribution >= 4 is 5.78 Å². The second-order valence-electron chi connectivity index (χ2n) is 3.84. The zero-order chi connectivity index (χ0) is 12.8. The molecule has 0 amide bonds. The Morgan fingerprint density at radius 3 is 2.31 bits per heavy atom. The Kier molecular flexibility index (Phi) is 6.14. The molecule has 0 aliphatic rings. The fraction of sp³-hybridized carbons (Fsp3) is 0.727. The minimum Gasteiger partial charge on any atom is -0.498 e. The van der Waals surface area contributed by atoms with Crippen molar-refractivity contribution in [2.75, 3.05) is 6.61 Å². The summed E-state index contributed by atoms with van der Waals surface area (Å²) >= 11 is 0. The van der Waals surface area contributed by atoms with Crippen molar-refractivity contribution in [3.05, 3.63) is 11.8 Å². The molecule has 0 unspecified atom stereocenters. The maximum Gasteiger partial charge on any atom is 0.454 e. The van der Waals surface area contributed by atoms with Crippen molar-refractivity contribution in [2.24, 2.45) is 5.92 Å². The van der Waals surface area contributed by atoms with Crippen molar-refractivity contribution in [3.63, 3.8) is 0 Å². The van der Waals surface area contributed by atoms with Crippen LogP contribution in [0.5, 0.6) is 0 Å². The Morgan fingerprint density at radius 2 is 1.94 bits per heavy atom. The summed E-state index contributed by atoms with van der Waals surface area (Å²) in [5.74, 6) is -1.40. The molecule has 0 aromatic heterocycles. The van der Waals surface area contributed by atoms with E-state index in [0.717, 1.165) is 0 Å². The summed E-state index contributed by atoms with van der Waals surface area (Å²) in [6, 6.07) is 0. The highest BCUT2D eigenvalue weighted by Gasteiger charge is 2.36. The number of halogens is 3. The third-order valence-electron chi connectivity index (χ3n) is 1.87. The lowest BCUT2D eigenvalue weighted by molar-refractivity contribution is -0.165. The highest BCUT2D eigenvalue weighted by atomic mass is 19.4. The number of rotatable bonds is 6. The van der Waals surface area contributed by atoms with Gasteiger partial charge in [-0.05, 0) is 19.3 Å². The van der Waals surface area contributed by atoms with Gasteiger partial charge in [-0.1, -0.05) is 13.8 Å². The van der Waals surface area contributed by atoms with Crippen LogP contribution >= 0.6 is 0 Å². The Labute approximate surface area is 93.5 Å². The standard InChI is InChI=1S/C11H17F3O2/c1-4-16-9(6-5-8(2)3)7-10(15)11(12,13)14/h7-8H,4-6H2,1-3H3/b9-7+. The highest BCUT2D eigenvalue weighted by molar-refractivity contribution is 5.94. The first-order valence-electron chi connectivity index (χ1n) is 5.21. The van der Waals surface area contributed by atoms with E-state index in [4.69, 9.17) is 4.74 Å². The first-order chi connectivity index (χ1) is 7.27. The molecule has 0 aliphatic carbocycles. The summed E-state index contributed by atoms with van der Waals surface area (Å²) in [6.07, 6.45) is -3.23. The van der Waals surface area contributed by atoms with E-state index in [-0.39, 0.29) is 12.4 Å². The van der Waals surface area contributed by atoms with Gasteiger partial charge in [0.15, 0.2) is 0 Å². The van der Waals surface area contributed by atoms with Crippen molar-refractivity contribution in [1.82, 2.24) is 0 Å². The Bertz CT molecular complexity index is 254. The van der Waals surface area contributed by atoms with E-state index >= 15 is 0 Å². The lowest BCUT2D eigenvalue weighted by atomic mass is 10.1. The number of ketones is 1. The molecule has 0 aromatic carbocycles. The predicted octanol–water partition coefficient (Wildman–Crippen LogP) is 3.47. The van der Waals surface area contributed by atoms with Gasteiger partial charge in [0.05, 0.1) is 12.4 Å². The van der Waals surface area contributed by atoms with Crippen LogP contribution < -0.4 is 0 Å². The van der Waals surface area contributed by atoms with E-state index in [0.29, 0.717) is 24.8 Å². The van der Waals surface area contributed by atoms with E-state index in [1.807, 2.05) is 13.8 Å². The van der Waals surface area contributed by atoms with E-state index in [1.54, 1.807) is 6.92 Å². The molecule has 0 heterocycles. The third kappa shape index (κ3) is 6.48. The summed E-state index contributed by atoms with van der Waals surface area (Å²) in [5, 5.41) is 0. The minimum absolute atomic E-state index is 0.110. The number of hydrogen-bond donors (Lipinski definition) is 0. The van der Waals surface area contributed by atoms with Crippen LogP contribution in [0, 0.1) is 5.92 Å². The van der Waals surface area contributed by atoms with Crippen molar-refractivity contribution in [3.8, 4) is 0 Å². The largest absolute Gasteiger partial charge is 0.498 e. The van der Waals surface area contributed by atoms with Crippen LogP contribution in [-0.2, 0) is 9.53 Å². The number of ether oxygens (including phenoxy) is 1. The van der Waals surface area contributed by atoms with Gasteiger partial charge in [-0.15, -0.1) is 0 Å². The number of allylic oxidation sites excluding steroid dienone is 2. The molecule has 0 aromatic rings. The van der Waals surface area contributed by atoms with Crippen LogP contribution in [0.25, 0.3) is 0 Å². The number of carbonyl (C=O) groups excluding carboxylic acids is 1. The monoisotopic (exact) mass is 238 g/mol. The maximum atomic E-state index is 12.0. The second kappa shape index (κ2) is 6.55. The number of carbonyl (C=O) groups is 1. The Hall–Kier alpha value is -1.00. The topological polar surface area (TPSA) is 26.3 Å². The summed E-state index contributed by atoms with van der Waals surface area (Å²) in [6.45, 7) is 5.83. The zero-order valence-electron chi connectivity index (χ0n) is 9.73. The predicted molar refractivity (Wildman–Crippen MR) is 54.8 cm³/mol. The first kappa shape index (κ1) is 15.0. The van der Waals surface area contributed by atoms with E-state index < -0.39 is 12.0 Å². The fourth-order valence-corrected chi connectivity index (χ4v) is 1.03. The van der Waals surface area contributed by atoms with E-state index in [2.05, 4.69) is 0 Å². The molecule has 0 saturated carbocycles. The molecule has 2 nitrogen and oxygen atoms in total. The first-order valence-corrected chi connectivity index (χ1v) is 5.21. The number of alkyl halides is 3. The highest BCUT2D eigenvalue weighted by Crippen LogP contribution is 2.20. The van der Waals surface area contributed by atoms with Gasteiger partial charge in [-0.2, -0.15) is 13.2 Å². The lowest BCUT2D eigenvalue weighted by Gasteiger charge is -2.10. The van der Waals surface area contributed by atoms with Gasteiger partial charge in [-0.25, -0.2) is 0 Å². The zero-order valence-corrected chi connectivity index (χ0v) is 9.73. The number of hydrogen-bond acceptors (Lipinski definition) is 2. The van der Waals surface area contributed by atoms with Gasteiger partial charge in [0.25, 0.3) is 5.78 Å². The van der Waals surface area contributed by atoms with Gasteiger partial charge in [-0.3, -0.25) is 4.79 Å². The van der Waals surface area contributed by atoms with E-state index in [9.17, 15) is 18.0 Å². The average molecular weight is 238 g/mol. The average Bonchev–Trinajstić information content (AvgIpc) is 2.12. The van der Waals surface area contributed by atoms with Crippen LogP contribution in [0.4, 0.5) is 13.2 Å². The molecule has 0 fully saturated rings. The molecule has 5 heteroatoms. The normalized spacial score (nSPS) is 13.1. The molecule has 0 bridgehead atoms. The molecule has 0 radical (unpaired) electrons. The summed E-state index contributed by atoms with van der Waals surface area (Å²) in [4.78, 5) is 10.7. The molecule has 0 aliphatic heterocycles. The van der Waals surface area contributed by atoms with Gasteiger partial charge < -0.3 is 4.74 Å². The van der Waals surface area contributed by atoms with Gasteiger partial charge in [0.2, 0.25) is 0 Å².